The lowest BCUT2D eigenvalue weighted by Gasteiger charge is -2.14. The first-order valence-electron chi connectivity index (χ1n) is 6.54. The van der Waals surface area contributed by atoms with Gasteiger partial charge in [-0.2, -0.15) is 0 Å². The number of nitrogens with one attached hydrogen (secondary N) is 1. The second-order valence-corrected chi connectivity index (χ2v) is 4.31. The summed E-state index contributed by atoms with van der Waals surface area (Å²) in [5, 5.41) is 3.02. The first kappa shape index (κ1) is 15.4. The number of hydrogen-bond acceptors (Lipinski definition) is 3. The molecule has 0 spiro atoms. The van der Waals surface area contributed by atoms with Gasteiger partial charge in [-0.15, -0.1) is 0 Å². The number of carbonyl (C=O) groups excluding carboxylic acids is 1. The van der Waals surface area contributed by atoms with Crippen LogP contribution in [0.2, 0.25) is 0 Å². The quantitative estimate of drug-likeness (QED) is 0.462. The molecule has 0 aromatic rings. The monoisotopic (exact) mass is 229 g/mol. The number of ether oxygens (including phenoxy) is 1. The summed E-state index contributed by atoms with van der Waals surface area (Å²) in [6, 6.07) is 0. The standard InChI is InChI=1S/C13H27NO2/c1-4-6-8-12(5-2)11-16-13(15)9-7-10-14-3/h12,14H,4-11H2,1-3H3. The summed E-state index contributed by atoms with van der Waals surface area (Å²) in [4.78, 5) is 11.4. The van der Waals surface area contributed by atoms with Crippen molar-refractivity contribution in [2.24, 2.45) is 5.92 Å². The number of rotatable bonds is 10. The van der Waals surface area contributed by atoms with Gasteiger partial charge in [0.1, 0.15) is 0 Å². The largest absolute Gasteiger partial charge is 0.465 e. The average Bonchev–Trinajstić information content (AvgIpc) is 2.30. The molecular weight excluding hydrogens is 202 g/mol. The highest BCUT2D eigenvalue weighted by Gasteiger charge is 2.09. The molecule has 1 N–H and O–H groups in total. The molecule has 1 unspecified atom stereocenters. The van der Waals surface area contributed by atoms with Crippen LogP contribution >= 0.6 is 0 Å². The summed E-state index contributed by atoms with van der Waals surface area (Å²) in [6.07, 6.45) is 6.12. The Balaban J connectivity index is 3.54. The topological polar surface area (TPSA) is 38.3 Å². The van der Waals surface area contributed by atoms with Crippen molar-refractivity contribution in [1.29, 1.82) is 0 Å². The van der Waals surface area contributed by atoms with Crippen molar-refractivity contribution in [3.63, 3.8) is 0 Å². The van der Waals surface area contributed by atoms with Crippen LogP contribution < -0.4 is 5.32 Å². The first-order chi connectivity index (χ1) is 7.74. The van der Waals surface area contributed by atoms with Gasteiger partial charge in [0.15, 0.2) is 0 Å². The Kier molecular flexibility index (Phi) is 10.5. The van der Waals surface area contributed by atoms with E-state index in [2.05, 4.69) is 19.2 Å². The molecule has 0 aromatic heterocycles. The lowest BCUT2D eigenvalue weighted by molar-refractivity contribution is -0.145. The first-order valence-corrected chi connectivity index (χ1v) is 6.54. The maximum absolute atomic E-state index is 11.4. The third-order valence-electron chi connectivity index (χ3n) is 2.83. The zero-order valence-electron chi connectivity index (χ0n) is 11.1. The predicted octanol–water partition coefficient (Wildman–Crippen LogP) is 2.75. The molecule has 0 amide bonds. The molecule has 0 radical (unpaired) electrons. The summed E-state index contributed by atoms with van der Waals surface area (Å²) in [6.45, 7) is 5.84. The van der Waals surface area contributed by atoms with Crippen LogP contribution in [0.3, 0.4) is 0 Å². The average molecular weight is 229 g/mol. The Morgan fingerprint density at radius 1 is 1.31 bits per heavy atom. The smallest absolute Gasteiger partial charge is 0.305 e. The van der Waals surface area contributed by atoms with E-state index in [1.807, 2.05) is 7.05 Å². The molecule has 0 aliphatic carbocycles. The van der Waals surface area contributed by atoms with Crippen LogP contribution in [0.15, 0.2) is 0 Å². The third-order valence-corrected chi connectivity index (χ3v) is 2.83. The summed E-state index contributed by atoms with van der Waals surface area (Å²) >= 11 is 0. The second kappa shape index (κ2) is 10.9. The fourth-order valence-corrected chi connectivity index (χ4v) is 1.59. The van der Waals surface area contributed by atoms with Gasteiger partial charge in [-0.25, -0.2) is 0 Å². The van der Waals surface area contributed by atoms with E-state index in [0.29, 0.717) is 18.9 Å². The van der Waals surface area contributed by atoms with Crippen molar-refractivity contribution in [3.8, 4) is 0 Å². The lowest BCUT2D eigenvalue weighted by Crippen LogP contribution is -2.15. The van der Waals surface area contributed by atoms with Crippen LogP contribution in [0.25, 0.3) is 0 Å². The van der Waals surface area contributed by atoms with E-state index in [1.54, 1.807) is 0 Å². The van der Waals surface area contributed by atoms with Gasteiger partial charge in [-0.1, -0.05) is 33.1 Å². The Labute approximate surface area is 99.9 Å². The molecule has 1 atom stereocenters. The fourth-order valence-electron chi connectivity index (χ4n) is 1.59. The molecule has 0 heterocycles. The highest BCUT2D eigenvalue weighted by atomic mass is 16.5. The molecule has 0 saturated carbocycles. The molecular formula is C13H27NO2. The van der Waals surface area contributed by atoms with Gasteiger partial charge >= 0.3 is 5.97 Å². The summed E-state index contributed by atoms with van der Waals surface area (Å²) in [5.74, 6) is 0.499. The number of unbranched alkanes of at least 4 members (excludes halogenated alkanes) is 1. The van der Waals surface area contributed by atoms with Gasteiger partial charge in [-0.05, 0) is 32.4 Å². The predicted molar refractivity (Wildman–Crippen MR) is 67.4 cm³/mol. The van der Waals surface area contributed by atoms with Crippen molar-refractivity contribution in [3.05, 3.63) is 0 Å². The molecule has 96 valence electrons. The van der Waals surface area contributed by atoms with Gasteiger partial charge in [-0.3, -0.25) is 4.79 Å². The van der Waals surface area contributed by atoms with Crippen molar-refractivity contribution >= 4 is 5.97 Å². The van der Waals surface area contributed by atoms with Gasteiger partial charge < -0.3 is 10.1 Å². The molecule has 0 aliphatic rings. The van der Waals surface area contributed by atoms with E-state index < -0.39 is 0 Å². The molecule has 0 rings (SSSR count). The van der Waals surface area contributed by atoms with E-state index in [4.69, 9.17) is 4.74 Å². The van der Waals surface area contributed by atoms with Crippen LogP contribution in [0.5, 0.6) is 0 Å². The minimum Gasteiger partial charge on any atom is -0.465 e. The van der Waals surface area contributed by atoms with Crippen LogP contribution in [0.1, 0.15) is 52.4 Å². The number of esters is 1. The summed E-state index contributed by atoms with van der Waals surface area (Å²) in [7, 11) is 1.89. The van der Waals surface area contributed by atoms with Crippen molar-refractivity contribution in [1.82, 2.24) is 5.32 Å². The second-order valence-electron chi connectivity index (χ2n) is 4.31. The molecule has 0 aliphatic heterocycles. The highest BCUT2D eigenvalue weighted by molar-refractivity contribution is 5.69. The highest BCUT2D eigenvalue weighted by Crippen LogP contribution is 2.13. The Bertz CT molecular complexity index is 171. The van der Waals surface area contributed by atoms with E-state index in [-0.39, 0.29) is 5.97 Å². The molecule has 0 aromatic carbocycles. The van der Waals surface area contributed by atoms with Crippen LogP contribution in [-0.2, 0) is 9.53 Å². The lowest BCUT2D eigenvalue weighted by atomic mass is 10.0. The van der Waals surface area contributed by atoms with Crippen LogP contribution in [0, 0.1) is 5.92 Å². The van der Waals surface area contributed by atoms with Crippen molar-refractivity contribution in [2.45, 2.75) is 52.4 Å². The number of hydrogen-bond donors (Lipinski definition) is 1. The molecule has 0 fully saturated rings. The minimum absolute atomic E-state index is 0.0507. The SMILES string of the molecule is CCCCC(CC)COC(=O)CCCNC. The van der Waals surface area contributed by atoms with Gasteiger partial charge in [0.25, 0.3) is 0 Å². The normalized spacial score (nSPS) is 12.4. The maximum atomic E-state index is 11.4. The fraction of sp³-hybridized carbons (Fsp3) is 0.923. The molecule has 0 bridgehead atoms. The van der Waals surface area contributed by atoms with Gasteiger partial charge in [0.2, 0.25) is 0 Å². The summed E-state index contributed by atoms with van der Waals surface area (Å²) in [5.41, 5.74) is 0. The zero-order valence-corrected chi connectivity index (χ0v) is 11.1. The van der Waals surface area contributed by atoms with Gasteiger partial charge in [0, 0.05) is 6.42 Å². The van der Waals surface area contributed by atoms with Crippen molar-refractivity contribution < 1.29 is 9.53 Å². The maximum Gasteiger partial charge on any atom is 0.305 e. The molecule has 3 heteroatoms. The molecule has 16 heavy (non-hydrogen) atoms. The van der Waals surface area contributed by atoms with Crippen LogP contribution in [-0.4, -0.2) is 26.2 Å². The molecule has 3 nitrogen and oxygen atoms in total. The molecule has 0 saturated heterocycles. The van der Waals surface area contributed by atoms with Crippen molar-refractivity contribution in [2.75, 3.05) is 20.2 Å². The Morgan fingerprint density at radius 2 is 2.06 bits per heavy atom. The Morgan fingerprint density at radius 3 is 2.62 bits per heavy atom. The van der Waals surface area contributed by atoms with Gasteiger partial charge in [0.05, 0.1) is 6.61 Å². The summed E-state index contributed by atoms with van der Waals surface area (Å²) < 4.78 is 5.27. The van der Waals surface area contributed by atoms with E-state index in [9.17, 15) is 4.79 Å². The zero-order chi connectivity index (χ0) is 12.2. The third kappa shape index (κ3) is 8.72. The number of carbonyl (C=O) groups is 1. The minimum atomic E-state index is -0.0507. The van der Waals surface area contributed by atoms with Crippen LogP contribution in [0.4, 0.5) is 0 Å². The van der Waals surface area contributed by atoms with E-state index in [1.165, 1.54) is 19.3 Å². The van der Waals surface area contributed by atoms with E-state index >= 15 is 0 Å². The van der Waals surface area contributed by atoms with E-state index in [0.717, 1.165) is 19.4 Å². The Hall–Kier alpha value is -0.570.